The maximum atomic E-state index is 14.7. The number of halogens is 4. The summed E-state index contributed by atoms with van der Waals surface area (Å²) in [5, 5.41) is 0.964. The van der Waals surface area contributed by atoms with Crippen LogP contribution in [0.3, 0.4) is 0 Å². The minimum Gasteiger partial charge on any atom is -0.490 e. The smallest absolute Gasteiger partial charge is 0.490 e. The minimum atomic E-state index is -4.82. The van der Waals surface area contributed by atoms with Crippen molar-refractivity contribution in [1.82, 2.24) is 0 Å². The number of rotatable bonds is 5. The summed E-state index contributed by atoms with van der Waals surface area (Å²) in [6, 6.07) is 5.72. The Hall–Kier alpha value is -2.70. The van der Waals surface area contributed by atoms with E-state index in [-0.39, 0.29) is 28.2 Å². The third kappa shape index (κ3) is 3.47. The molecule has 0 radical (unpaired) electrons. The van der Waals surface area contributed by atoms with Crippen molar-refractivity contribution in [1.29, 1.82) is 0 Å². The van der Waals surface area contributed by atoms with Crippen LogP contribution in [0.15, 0.2) is 40.8 Å². The zero-order valence-electron chi connectivity index (χ0n) is 14.1. The number of hydrogen-bond donors (Lipinski definition) is 0. The van der Waals surface area contributed by atoms with E-state index in [4.69, 9.17) is 9.15 Å². The number of benzene rings is 2. The Morgan fingerprint density at radius 2 is 1.69 bits per heavy atom. The molecule has 0 saturated heterocycles. The summed E-state index contributed by atoms with van der Waals surface area (Å²) >= 11 is 0. The van der Waals surface area contributed by atoms with Gasteiger partial charge in [-0.2, -0.15) is 4.39 Å². The molecule has 138 valence electrons. The standard InChI is InChI=1S/C19H16F4O3/c1-3-4-5-10-24-15-9-7-13-12-6-8-14(26-19(21,22)23)11(2)17(12)25-18(13)16(15)20/h3-4,6-9H,5,10H2,1-2H3/b4-3+. The molecule has 26 heavy (non-hydrogen) atoms. The summed E-state index contributed by atoms with van der Waals surface area (Å²) in [6.45, 7) is 3.61. The first kappa shape index (κ1) is 18.1. The highest BCUT2D eigenvalue weighted by molar-refractivity contribution is 6.07. The Labute approximate surface area is 146 Å². The van der Waals surface area contributed by atoms with Gasteiger partial charge in [-0.3, -0.25) is 0 Å². The van der Waals surface area contributed by atoms with Gasteiger partial charge < -0.3 is 13.9 Å². The van der Waals surface area contributed by atoms with Gasteiger partial charge in [0.05, 0.1) is 6.61 Å². The zero-order valence-corrected chi connectivity index (χ0v) is 14.1. The number of allylic oxidation sites excluding steroid dienone is 1. The Bertz CT molecular complexity index is 970. The van der Waals surface area contributed by atoms with Crippen molar-refractivity contribution in [2.45, 2.75) is 26.6 Å². The van der Waals surface area contributed by atoms with E-state index in [0.29, 0.717) is 23.8 Å². The van der Waals surface area contributed by atoms with Crippen LogP contribution >= 0.6 is 0 Å². The fourth-order valence-corrected chi connectivity index (χ4v) is 2.72. The fourth-order valence-electron chi connectivity index (χ4n) is 2.72. The van der Waals surface area contributed by atoms with E-state index in [2.05, 4.69) is 4.74 Å². The van der Waals surface area contributed by atoms with Crippen molar-refractivity contribution >= 4 is 21.9 Å². The van der Waals surface area contributed by atoms with Gasteiger partial charge in [-0.25, -0.2) is 0 Å². The summed E-state index contributed by atoms with van der Waals surface area (Å²) in [7, 11) is 0. The van der Waals surface area contributed by atoms with Crippen LogP contribution in [0.1, 0.15) is 18.9 Å². The van der Waals surface area contributed by atoms with Gasteiger partial charge >= 0.3 is 6.36 Å². The highest BCUT2D eigenvalue weighted by Crippen LogP contribution is 2.39. The van der Waals surface area contributed by atoms with Crippen LogP contribution in [0, 0.1) is 12.7 Å². The van der Waals surface area contributed by atoms with E-state index < -0.39 is 12.2 Å². The second-order valence-electron chi connectivity index (χ2n) is 5.68. The van der Waals surface area contributed by atoms with Gasteiger partial charge in [0.1, 0.15) is 11.3 Å². The van der Waals surface area contributed by atoms with Gasteiger partial charge in [-0.1, -0.05) is 12.2 Å². The molecule has 0 atom stereocenters. The molecule has 0 aliphatic rings. The highest BCUT2D eigenvalue weighted by atomic mass is 19.4. The van der Waals surface area contributed by atoms with Gasteiger partial charge in [-0.15, -0.1) is 13.2 Å². The second-order valence-corrected chi connectivity index (χ2v) is 5.68. The molecule has 0 N–H and O–H groups in total. The first-order chi connectivity index (χ1) is 12.3. The number of ether oxygens (including phenoxy) is 2. The normalized spacial score (nSPS) is 12.4. The number of fused-ring (bicyclic) bond motifs is 3. The lowest BCUT2D eigenvalue weighted by atomic mass is 10.1. The van der Waals surface area contributed by atoms with Crippen LogP contribution in [0.5, 0.6) is 11.5 Å². The lowest BCUT2D eigenvalue weighted by Crippen LogP contribution is -2.17. The first-order valence-corrected chi connectivity index (χ1v) is 7.96. The van der Waals surface area contributed by atoms with E-state index in [0.717, 1.165) is 0 Å². The Kier molecular flexibility index (Phi) is 4.80. The van der Waals surface area contributed by atoms with Crippen molar-refractivity contribution in [2.24, 2.45) is 0 Å². The van der Waals surface area contributed by atoms with E-state index in [9.17, 15) is 17.6 Å². The predicted octanol–water partition coefficient (Wildman–Crippen LogP) is 6.28. The zero-order chi connectivity index (χ0) is 18.9. The fraction of sp³-hybridized carbons (Fsp3) is 0.263. The summed E-state index contributed by atoms with van der Waals surface area (Å²) in [5.74, 6) is -1.03. The van der Waals surface area contributed by atoms with Crippen LogP contribution in [-0.2, 0) is 0 Å². The summed E-state index contributed by atoms with van der Waals surface area (Å²) in [5.41, 5.74) is 0.230. The van der Waals surface area contributed by atoms with Gasteiger partial charge in [0.2, 0.25) is 5.82 Å². The number of alkyl halides is 3. The molecule has 0 spiro atoms. The number of aryl methyl sites for hydroxylation is 1. The molecule has 1 heterocycles. The van der Waals surface area contributed by atoms with Crippen molar-refractivity contribution in [2.75, 3.05) is 6.61 Å². The third-order valence-electron chi connectivity index (χ3n) is 3.92. The van der Waals surface area contributed by atoms with Crippen LogP contribution < -0.4 is 9.47 Å². The molecule has 7 heteroatoms. The second kappa shape index (κ2) is 6.90. The molecule has 0 unspecified atom stereocenters. The molecule has 0 aliphatic carbocycles. The van der Waals surface area contributed by atoms with Crippen molar-refractivity contribution in [3.63, 3.8) is 0 Å². The highest BCUT2D eigenvalue weighted by Gasteiger charge is 2.32. The molecule has 0 saturated carbocycles. The maximum Gasteiger partial charge on any atom is 0.573 e. The predicted molar refractivity (Wildman–Crippen MR) is 90.0 cm³/mol. The Balaban J connectivity index is 2.03. The molecule has 3 nitrogen and oxygen atoms in total. The molecule has 2 aromatic carbocycles. The van der Waals surface area contributed by atoms with Crippen LogP contribution in [-0.4, -0.2) is 13.0 Å². The number of furan rings is 1. The molecular weight excluding hydrogens is 352 g/mol. The molecule has 3 rings (SSSR count). The molecule has 0 aliphatic heterocycles. The van der Waals surface area contributed by atoms with E-state index in [1.54, 1.807) is 6.07 Å². The molecular formula is C19H16F4O3. The molecule has 0 fully saturated rings. The lowest BCUT2D eigenvalue weighted by Gasteiger charge is -2.11. The van der Waals surface area contributed by atoms with Gasteiger partial charge in [0, 0.05) is 16.3 Å². The average Bonchev–Trinajstić information content (AvgIpc) is 2.95. The van der Waals surface area contributed by atoms with Gasteiger partial charge in [-0.05, 0) is 44.5 Å². The van der Waals surface area contributed by atoms with Crippen LogP contribution in [0.4, 0.5) is 17.6 Å². The Morgan fingerprint density at radius 3 is 2.35 bits per heavy atom. The number of hydrogen-bond acceptors (Lipinski definition) is 3. The van der Waals surface area contributed by atoms with E-state index >= 15 is 0 Å². The quantitative estimate of drug-likeness (QED) is 0.302. The van der Waals surface area contributed by atoms with Gasteiger partial charge in [0.25, 0.3) is 0 Å². The molecule has 0 amide bonds. The van der Waals surface area contributed by atoms with Gasteiger partial charge in [0.15, 0.2) is 11.3 Å². The average molecular weight is 368 g/mol. The topological polar surface area (TPSA) is 31.6 Å². The first-order valence-electron chi connectivity index (χ1n) is 7.96. The third-order valence-corrected chi connectivity index (χ3v) is 3.92. The SMILES string of the molecule is C/C=C/CCOc1ccc2c(oc3c(C)c(OC(F)(F)F)ccc32)c1F. The summed E-state index contributed by atoms with van der Waals surface area (Å²) < 4.78 is 67.0. The van der Waals surface area contributed by atoms with Crippen molar-refractivity contribution in [3.05, 3.63) is 47.8 Å². The van der Waals surface area contributed by atoms with Crippen molar-refractivity contribution < 1.29 is 31.5 Å². The van der Waals surface area contributed by atoms with Crippen LogP contribution in [0.2, 0.25) is 0 Å². The van der Waals surface area contributed by atoms with Crippen LogP contribution in [0.25, 0.3) is 21.9 Å². The maximum absolute atomic E-state index is 14.7. The monoisotopic (exact) mass is 368 g/mol. The Morgan fingerprint density at radius 1 is 1.04 bits per heavy atom. The summed E-state index contributed by atoms with van der Waals surface area (Å²) in [4.78, 5) is 0. The minimum absolute atomic E-state index is 0.0328. The summed E-state index contributed by atoms with van der Waals surface area (Å²) in [6.07, 6.45) is -0.427. The van der Waals surface area contributed by atoms with E-state index in [1.807, 2.05) is 19.1 Å². The largest absolute Gasteiger partial charge is 0.573 e. The van der Waals surface area contributed by atoms with E-state index in [1.165, 1.54) is 25.1 Å². The lowest BCUT2D eigenvalue weighted by molar-refractivity contribution is -0.274. The molecule has 1 aromatic heterocycles. The molecule has 0 bridgehead atoms. The molecule has 3 aromatic rings. The van der Waals surface area contributed by atoms with Crippen molar-refractivity contribution in [3.8, 4) is 11.5 Å².